The van der Waals surface area contributed by atoms with Crippen molar-refractivity contribution in [3.63, 3.8) is 0 Å². The first kappa shape index (κ1) is 24.9. The van der Waals surface area contributed by atoms with Gasteiger partial charge in [0, 0.05) is 6.42 Å². The molecule has 0 radical (unpaired) electrons. The van der Waals surface area contributed by atoms with Crippen molar-refractivity contribution in [3.8, 4) is 0 Å². The molecule has 0 fully saturated rings. The van der Waals surface area contributed by atoms with Gasteiger partial charge in [0.1, 0.15) is 0 Å². The van der Waals surface area contributed by atoms with Gasteiger partial charge in [-0.3, -0.25) is 4.79 Å². The first-order valence-corrected chi connectivity index (χ1v) is 11.3. The van der Waals surface area contributed by atoms with Crippen LogP contribution in [0.4, 0.5) is 0 Å². The smallest absolute Gasteiger partial charge is 0.303 e. The molecule has 0 spiro atoms. The molecule has 0 aliphatic rings. The Morgan fingerprint density at radius 2 is 1.04 bits per heavy atom. The van der Waals surface area contributed by atoms with E-state index in [4.69, 9.17) is 5.11 Å². The Balaban J connectivity index is 3.14. The number of carboxylic acid groups (broad SMARTS) is 1. The highest BCUT2D eigenvalue weighted by molar-refractivity contribution is 5.66. The average molecular weight is 365 g/mol. The van der Waals surface area contributed by atoms with Gasteiger partial charge in [0.15, 0.2) is 0 Å². The second-order valence-corrected chi connectivity index (χ2v) is 7.50. The van der Waals surface area contributed by atoms with Gasteiger partial charge in [-0.2, -0.15) is 0 Å². The van der Waals surface area contributed by atoms with Crippen molar-refractivity contribution in [3.05, 3.63) is 24.3 Å². The summed E-state index contributed by atoms with van der Waals surface area (Å²) in [7, 11) is 0. The predicted octanol–water partition coefficient (Wildman–Crippen LogP) is 8.23. The molecule has 0 bridgehead atoms. The first-order chi connectivity index (χ1) is 12.8. The minimum atomic E-state index is -0.658. The van der Waals surface area contributed by atoms with Crippen LogP contribution >= 0.6 is 0 Å². The van der Waals surface area contributed by atoms with E-state index in [1.54, 1.807) is 0 Å². The zero-order valence-electron chi connectivity index (χ0n) is 17.4. The second-order valence-electron chi connectivity index (χ2n) is 7.50. The topological polar surface area (TPSA) is 37.3 Å². The molecule has 0 amide bonds. The molecular weight excluding hydrogens is 320 g/mol. The molecule has 0 aliphatic carbocycles. The molecule has 0 heterocycles. The van der Waals surface area contributed by atoms with Crippen molar-refractivity contribution in [2.24, 2.45) is 0 Å². The quantitative estimate of drug-likeness (QED) is 0.174. The molecule has 26 heavy (non-hydrogen) atoms. The molecule has 0 aromatic carbocycles. The van der Waals surface area contributed by atoms with E-state index in [1.807, 2.05) is 0 Å². The van der Waals surface area contributed by atoms with E-state index in [-0.39, 0.29) is 0 Å². The fourth-order valence-electron chi connectivity index (χ4n) is 3.15. The molecule has 0 saturated carbocycles. The van der Waals surface area contributed by atoms with E-state index in [2.05, 4.69) is 31.2 Å². The van der Waals surface area contributed by atoms with Gasteiger partial charge in [-0.05, 0) is 38.5 Å². The molecule has 152 valence electrons. The molecule has 0 aromatic heterocycles. The third kappa shape index (κ3) is 22.9. The van der Waals surface area contributed by atoms with Gasteiger partial charge in [-0.25, -0.2) is 0 Å². The number of carboxylic acids is 1. The van der Waals surface area contributed by atoms with Crippen LogP contribution in [-0.4, -0.2) is 11.1 Å². The number of carbonyl (C=O) groups is 1. The highest BCUT2D eigenvalue weighted by Crippen LogP contribution is 2.12. The molecule has 2 nitrogen and oxygen atoms in total. The van der Waals surface area contributed by atoms with Crippen LogP contribution in [-0.2, 0) is 4.79 Å². The van der Waals surface area contributed by atoms with Crippen molar-refractivity contribution in [2.75, 3.05) is 0 Å². The van der Waals surface area contributed by atoms with Gasteiger partial charge in [-0.1, -0.05) is 102 Å². The fraction of sp³-hybridized carbons (Fsp3) is 0.792. The normalized spacial score (nSPS) is 11.7. The molecule has 1 N–H and O–H groups in total. The maximum atomic E-state index is 10.4. The highest BCUT2D eigenvalue weighted by atomic mass is 16.4. The van der Waals surface area contributed by atoms with Crippen LogP contribution < -0.4 is 0 Å². The lowest BCUT2D eigenvalue weighted by molar-refractivity contribution is -0.137. The summed E-state index contributed by atoms with van der Waals surface area (Å²) in [5.74, 6) is -0.658. The van der Waals surface area contributed by atoms with Crippen LogP contribution in [0, 0.1) is 0 Å². The van der Waals surface area contributed by atoms with Gasteiger partial charge >= 0.3 is 5.97 Å². The minimum absolute atomic E-state index is 0.337. The summed E-state index contributed by atoms with van der Waals surface area (Å²) >= 11 is 0. The van der Waals surface area contributed by atoms with Gasteiger partial charge < -0.3 is 5.11 Å². The summed E-state index contributed by atoms with van der Waals surface area (Å²) in [6, 6.07) is 0. The Hall–Kier alpha value is -1.05. The average Bonchev–Trinajstić information content (AvgIpc) is 2.62. The summed E-state index contributed by atoms with van der Waals surface area (Å²) in [6.45, 7) is 2.26. The number of hydrogen-bond acceptors (Lipinski definition) is 1. The lowest BCUT2D eigenvalue weighted by Crippen LogP contribution is -1.93. The number of allylic oxidation sites excluding steroid dienone is 4. The SMILES string of the molecule is CCCCCCC=CCC=CCCCCCCCCCCCCC(=O)O. The number of hydrogen-bond donors (Lipinski definition) is 1. The van der Waals surface area contributed by atoms with Crippen LogP contribution in [0.2, 0.25) is 0 Å². The van der Waals surface area contributed by atoms with Crippen LogP contribution in [0.25, 0.3) is 0 Å². The highest BCUT2D eigenvalue weighted by Gasteiger charge is 1.96. The van der Waals surface area contributed by atoms with Crippen LogP contribution in [0.1, 0.15) is 122 Å². The van der Waals surface area contributed by atoms with Gasteiger partial charge in [0.05, 0.1) is 0 Å². The van der Waals surface area contributed by atoms with Crippen LogP contribution in [0.15, 0.2) is 24.3 Å². The zero-order valence-corrected chi connectivity index (χ0v) is 17.4. The summed E-state index contributed by atoms with van der Waals surface area (Å²) < 4.78 is 0. The maximum Gasteiger partial charge on any atom is 0.303 e. The van der Waals surface area contributed by atoms with E-state index in [0.717, 1.165) is 19.3 Å². The van der Waals surface area contributed by atoms with Crippen molar-refractivity contribution in [1.29, 1.82) is 0 Å². The molecule has 0 atom stereocenters. The zero-order chi connectivity index (χ0) is 19.1. The summed E-state index contributed by atoms with van der Waals surface area (Å²) in [5, 5.41) is 8.57. The summed E-state index contributed by atoms with van der Waals surface area (Å²) in [4.78, 5) is 10.4. The maximum absolute atomic E-state index is 10.4. The van der Waals surface area contributed by atoms with E-state index >= 15 is 0 Å². The molecule has 0 saturated heterocycles. The molecule has 0 aliphatic heterocycles. The molecule has 2 heteroatoms. The molecule has 0 unspecified atom stereocenters. The molecule has 0 rings (SSSR count). The van der Waals surface area contributed by atoms with Crippen molar-refractivity contribution in [1.82, 2.24) is 0 Å². The van der Waals surface area contributed by atoms with Crippen molar-refractivity contribution < 1.29 is 9.90 Å². The first-order valence-electron chi connectivity index (χ1n) is 11.3. The molecule has 0 aromatic rings. The largest absolute Gasteiger partial charge is 0.481 e. The van der Waals surface area contributed by atoms with E-state index in [9.17, 15) is 4.79 Å². The van der Waals surface area contributed by atoms with Gasteiger partial charge in [0.2, 0.25) is 0 Å². The summed E-state index contributed by atoms with van der Waals surface area (Å²) in [5.41, 5.74) is 0. The number of rotatable bonds is 20. The van der Waals surface area contributed by atoms with Gasteiger partial charge in [-0.15, -0.1) is 0 Å². The monoisotopic (exact) mass is 364 g/mol. The Labute approximate surface area is 163 Å². The lowest BCUT2D eigenvalue weighted by Gasteiger charge is -2.01. The van der Waals surface area contributed by atoms with E-state index < -0.39 is 5.97 Å². The van der Waals surface area contributed by atoms with Gasteiger partial charge in [0.25, 0.3) is 0 Å². The Bertz CT molecular complexity index is 344. The third-order valence-corrected chi connectivity index (χ3v) is 4.84. The van der Waals surface area contributed by atoms with Crippen LogP contribution in [0.5, 0.6) is 0 Å². The Kier molecular flexibility index (Phi) is 21.1. The van der Waals surface area contributed by atoms with Crippen molar-refractivity contribution in [2.45, 2.75) is 122 Å². The predicted molar refractivity (Wildman–Crippen MR) is 115 cm³/mol. The third-order valence-electron chi connectivity index (χ3n) is 4.84. The van der Waals surface area contributed by atoms with Crippen LogP contribution in [0.3, 0.4) is 0 Å². The van der Waals surface area contributed by atoms with E-state index in [1.165, 1.54) is 89.9 Å². The standard InChI is InChI=1S/C24H44O2/c1-2-3-4-5-6-7-8-9-10-11-12-13-14-15-16-17-18-19-20-21-22-23-24(25)26/h7-8,10-11H,2-6,9,12-23H2,1H3,(H,25,26). The fourth-order valence-corrected chi connectivity index (χ4v) is 3.15. The summed E-state index contributed by atoms with van der Waals surface area (Å²) in [6.07, 6.45) is 31.1. The number of aliphatic carboxylic acids is 1. The number of unbranched alkanes of at least 4 members (excludes halogenated alkanes) is 14. The second kappa shape index (κ2) is 22.0. The Morgan fingerprint density at radius 3 is 1.50 bits per heavy atom. The Morgan fingerprint density at radius 1 is 0.615 bits per heavy atom. The molecular formula is C24H44O2. The van der Waals surface area contributed by atoms with E-state index in [0.29, 0.717) is 6.42 Å². The van der Waals surface area contributed by atoms with Crippen molar-refractivity contribution >= 4 is 5.97 Å². The minimum Gasteiger partial charge on any atom is -0.481 e. The lowest BCUT2D eigenvalue weighted by atomic mass is 10.1.